The average molecular weight is 215 g/mol. The van der Waals surface area contributed by atoms with Gasteiger partial charge in [0.15, 0.2) is 0 Å². The highest BCUT2D eigenvalue weighted by Gasteiger charge is 2.04. The van der Waals surface area contributed by atoms with Crippen LogP contribution in [0.3, 0.4) is 0 Å². The summed E-state index contributed by atoms with van der Waals surface area (Å²) in [5, 5.41) is 3.46. The molecule has 1 aromatic heterocycles. The third-order valence-corrected chi connectivity index (χ3v) is 2.65. The standard InChI is InChI=1S/C13H17N3/c1-10(12-6-4-3-5-7-12)14-8-13-9-15-11(2)16-13/h3-7,9-10,14H,8H2,1-2H3,(H,15,16)/t10-/m1/s1. The van der Waals surface area contributed by atoms with Crippen LogP contribution >= 0.6 is 0 Å². The molecule has 3 nitrogen and oxygen atoms in total. The molecule has 1 atom stereocenters. The molecule has 0 saturated carbocycles. The molecule has 0 fully saturated rings. The number of H-pyrrole nitrogens is 1. The van der Waals surface area contributed by atoms with Gasteiger partial charge in [0.1, 0.15) is 5.82 Å². The molecule has 0 radical (unpaired) electrons. The Labute approximate surface area is 95.9 Å². The summed E-state index contributed by atoms with van der Waals surface area (Å²) >= 11 is 0. The zero-order valence-electron chi connectivity index (χ0n) is 9.70. The van der Waals surface area contributed by atoms with Crippen LogP contribution in [0.25, 0.3) is 0 Å². The van der Waals surface area contributed by atoms with Crippen LogP contribution in [0.1, 0.15) is 30.0 Å². The van der Waals surface area contributed by atoms with Crippen molar-refractivity contribution in [1.82, 2.24) is 15.3 Å². The van der Waals surface area contributed by atoms with E-state index in [9.17, 15) is 0 Å². The molecule has 2 rings (SSSR count). The normalized spacial score (nSPS) is 12.6. The Balaban J connectivity index is 1.91. The summed E-state index contributed by atoms with van der Waals surface area (Å²) in [6.07, 6.45) is 1.88. The summed E-state index contributed by atoms with van der Waals surface area (Å²) in [4.78, 5) is 7.38. The molecule has 0 bridgehead atoms. The third-order valence-electron chi connectivity index (χ3n) is 2.65. The Kier molecular flexibility index (Phi) is 3.37. The molecule has 3 heteroatoms. The Bertz CT molecular complexity index is 433. The maximum atomic E-state index is 4.17. The number of aryl methyl sites for hydroxylation is 1. The van der Waals surface area contributed by atoms with Crippen molar-refractivity contribution in [2.75, 3.05) is 0 Å². The Hall–Kier alpha value is -1.61. The van der Waals surface area contributed by atoms with Gasteiger partial charge in [-0.3, -0.25) is 0 Å². The number of aromatic amines is 1. The van der Waals surface area contributed by atoms with Gasteiger partial charge in [0.2, 0.25) is 0 Å². The highest BCUT2D eigenvalue weighted by Crippen LogP contribution is 2.11. The fourth-order valence-corrected chi connectivity index (χ4v) is 1.68. The first-order chi connectivity index (χ1) is 7.75. The van der Waals surface area contributed by atoms with Crippen LogP contribution in [0.2, 0.25) is 0 Å². The lowest BCUT2D eigenvalue weighted by Gasteiger charge is -2.13. The molecule has 84 valence electrons. The number of rotatable bonds is 4. The predicted molar refractivity (Wildman–Crippen MR) is 65.0 cm³/mol. The van der Waals surface area contributed by atoms with Gasteiger partial charge in [0.25, 0.3) is 0 Å². The molecule has 1 aromatic carbocycles. The minimum Gasteiger partial charge on any atom is -0.345 e. The zero-order valence-corrected chi connectivity index (χ0v) is 9.70. The van der Waals surface area contributed by atoms with Crippen molar-refractivity contribution < 1.29 is 0 Å². The van der Waals surface area contributed by atoms with E-state index < -0.39 is 0 Å². The van der Waals surface area contributed by atoms with Gasteiger partial charge in [-0.2, -0.15) is 0 Å². The van der Waals surface area contributed by atoms with Crippen LogP contribution in [0, 0.1) is 6.92 Å². The molecule has 0 aliphatic rings. The highest BCUT2D eigenvalue weighted by molar-refractivity contribution is 5.18. The van der Waals surface area contributed by atoms with E-state index in [1.54, 1.807) is 0 Å². The zero-order chi connectivity index (χ0) is 11.4. The van der Waals surface area contributed by atoms with Crippen molar-refractivity contribution in [2.24, 2.45) is 0 Å². The maximum Gasteiger partial charge on any atom is 0.103 e. The van der Waals surface area contributed by atoms with E-state index in [0.717, 1.165) is 18.1 Å². The second kappa shape index (κ2) is 4.94. The molecular weight excluding hydrogens is 198 g/mol. The Morgan fingerprint density at radius 3 is 2.69 bits per heavy atom. The van der Waals surface area contributed by atoms with Gasteiger partial charge in [-0.1, -0.05) is 30.3 Å². The van der Waals surface area contributed by atoms with Gasteiger partial charge in [-0.05, 0) is 19.4 Å². The van der Waals surface area contributed by atoms with Gasteiger partial charge in [-0.25, -0.2) is 4.98 Å². The first-order valence-corrected chi connectivity index (χ1v) is 5.54. The topological polar surface area (TPSA) is 40.7 Å². The molecule has 2 N–H and O–H groups in total. The van der Waals surface area contributed by atoms with Crippen molar-refractivity contribution in [2.45, 2.75) is 26.4 Å². The largest absolute Gasteiger partial charge is 0.345 e. The molecule has 0 spiro atoms. The van der Waals surface area contributed by atoms with Crippen LogP contribution in [0.5, 0.6) is 0 Å². The van der Waals surface area contributed by atoms with E-state index in [0.29, 0.717) is 6.04 Å². The smallest absolute Gasteiger partial charge is 0.103 e. The molecule has 2 aromatic rings. The van der Waals surface area contributed by atoms with Crippen LogP contribution in [-0.2, 0) is 6.54 Å². The average Bonchev–Trinajstić information content (AvgIpc) is 2.73. The Morgan fingerprint density at radius 1 is 1.31 bits per heavy atom. The van der Waals surface area contributed by atoms with E-state index in [4.69, 9.17) is 0 Å². The van der Waals surface area contributed by atoms with E-state index in [-0.39, 0.29) is 0 Å². The summed E-state index contributed by atoms with van der Waals surface area (Å²) < 4.78 is 0. The van der Waals surface area contributed by atoms with Crippen molar-refractivity contribution in [3.05, 3.63) is 53.6 Å². The van der Waals surface area contributed by atoms with Gasteiger partial charge < -0.3 is 10.3 Å². The molecule has 1 heterocycles. The van der Waals surface area contributed by atoms with Crippen molar-refractivity contribution >= 4 is 0 Å². The van der Waals surface area contributed by atoms with Crippen LogP contribution in [0.4, 0.5) is 0 Å². The van der Waals surface area contributed by atoms with E-state index in [1.807, 2.05) is 19.2 Å². The molecule has 0 aliphatic carbocycles. The number of hydrogen-bond acceptors (Lipinski definition) is 2. The number of nitrogens with one attached hydrogen (secondary N) is 2. The third kappa shape index (κ3) is 2.70. The second-order valence-electron chi connectivity index (χ2n) is 4.01. The highest BCUT2D eigenvalue weighted by atomic mass is 15.0. The molecule has 0 amide bonds. The molecule has 16 heavy (non-hydrogen) atoms. The van der Waals surface area contributed by atoms with Gasteiger partial charge in [-0.15, -0.1) is 0 Å². The molecular formula is C13H17N3. The second-order valence-corrected chi connectivity index (χ2v) is 4.01. The van der Waals surface area contributed by atoms with Gasteiger partial charge in [0.05, 0.1) is 0 Å². The first kappa shape index (κ1) is 10.9. The van der Waals surface area contributed by atoms with Crippen LogP contribution in [0.15, 0.2) is 36.5 Å². The van der Waals surface area contributed by atoms with Crippen LogP contribution < -0.4 is 5.32 Å². The minimum absolute atomic E-state index is 0.352. The molecule has 0 saturated heterocycles. The number of imidazole rings is 1. The quantitative estimate of drug-likeness (QED) is 0.823. The van der Waals surface area contributed by atoms with E-state index in [1.165, 1.54) is 5.56 Å². The van der Waals surface area contributed by atoms with Crippen molar-refractivity contribution in [1.29, 1.82) is 0 Å². The lowest BCUT2D eigenvalue weighted by atomic mass is 10.1. The predicted octanol–water partition coefficient (Wildman–Crippen LogP) is 2.57. The molecule has 0 unspecified atom stereocenters. The first-order valence-electron chi connectivity index (χ1n) is 5.54. The minimum atomic E-state index is 0.352. The van der Waals surface area contributed by atoms with Crippen LogP contribution in [-0.4, -0.2) is 9.97 Å². The fraction of sp³-hybridized carbons (Fsp3) is 0.308. The summed E-state index contributed by atoms with van der Waals surface area (Å²) in [6.45, 7) is 4.94. The van der Waals surface area contributed by atoms with Gasteiger partial charge in [0, 0.05) is 24.5 Å². The van der Waals surface area contributed by atoms with E-state index in [2.05, 4.69) is 46.5 Å². The summed E-state index contributed by atoms with van der Waals surface area (Å²) in [7, 11) is 0. The number of nitrogens with zero attached hydrogens (tertiary/aromatic N) is 1. The molecule has 0 aliphatic heterocycles. The van der Waals surface area contributed by atoms with E-state index >= 15 is 0 Å². The summed E-state index contributed by atoms with van der Waals surface area (Å²) in [6, 6.07) is 10.8. The number of benzene rings is 1. The number of hydrogen-bond donors (Lipinski definition) is 2. The lowest BCUT2D eigenvalue weighted by Crippen LogP contribution is -2.18. The summed E-state index contributed by atoms with van der Waals surface area (Å²) in [5.74, 6) is 0.962. The monoisotopic (exact) mass is 215 g/mol. The maximum absolute atomic E-state index is 4.17. The SMILES string of the molecule is Cc1ncc(CN[C@H](C)c2ccccc2)[nH]1. The van der Waals surface area contributed by atoms with Crippen molar-refractivity contribution in [3.63, 3.8) is 0 Å². The Morgan fingerprint density at radius 2 is 2.06 bits per heavy atom. The summed E-state index contributed by atoms with van der Waals surface area (Å²) in [5.41, 5.74) is 2.43. The fourth-order valence-electron chi connectivity index (χ4n) is 1.68. The number of aromatic nitrogens is 2. The van der Waals surface area contributed by atoms with Crippen molar-refractivity contribution in [3.8, 4) is 0 Å². The lowest BCUT2D eigenvalue weighted by molar-refractivity contribution is 0.568. The van der Waals surface area contributed by atoms with Gasteiger partial charge >= 0.3 is 0 Å².